The van der Waals surface area contributed by atoms with E-state index in [1.54, 1.807) is 11.8 Å². The number of likely N-dealkylation sites (tertiary alicyclic amines) is 1. The molecule has 1 aliphatic heterocycles. The highest BCUT2D eigenvalue weighted by atomic mass is 32.2. The monoisotopic (exact) mass is 376 g/mol. The van der Waals surface area contributed by atoms with Gasteiger partial charge in [0.05, 0.1) is 6.61 Å². The van der Waals surface area contributed by atoms with E-state index in [2.05, 4.69) is 36.1 Å². The van der Waals surface area contributed by atoms with Gasteiger partial charge in [0.15, 0.2) is 0 Å². The Labute approximate surface area is 162 Å². The number of nitrogens with zero attached hydrogens (tertiary/aromatic N) is 2. The van der Waals surface area contributed by atoms with Crippen LogP contribution in [0.15, 0.2) is 23.2 Å². The molecule has 2 unspecified atom stereocenters. The van der Waals surface area contributed by atoms with E-state index in [1.807, 2.05) is 12.3 Å². The number of piperidine rings is 1. The first-order valence-corrected chi connectivity index (χ1v) is 11.2. The number of amides is 1. The molecule has 0 aromatic carbocycles. The Bertz CT molecular complexity index is 582. The summed E-state index contributed by atoms with van der Waals surface area (Å²) < 4.78 is 5.80. The predicted molar refractivity (Wildman–Crippen MR) is 106 cm³/mol. The van der Waals surface area contributed by atoms with E-state index in [0.717, 1.165) is 54.6 Å². The molecule has 0 spiro atoms. The van der Waals surface area contributed by atoms with Crippen molar-refractivity contribution in [3.05, 3.63) is 18.3 Å². The normalized spacial score (nSPS) is 23.3. The Morgan fingerprint density at radius 1 is 1.35 bits per heavy atom. The number of hydrogen-bond donors (Lipinski definition) is 0. The molecule has 2 fully saturated rings. The third-order valence-electron chi connectivity index (χ3n) is 5.74. The fraction of sp³-hybridized carbons (Fsp3) is 0.714. The van der Waals surface area contributed by atoms with E-state index in [0.29, 0.717) is 18.2 Å². The van der Waals surface area contributed by atoms with Gasteiger partial charge in [0, 0.05) is 36.7 Å². The maximum Gasteiger partial charge on any atom is 0.222 e. The summed E-state index contributed by atoms with van der Waals surface area (Å²) in [5, 5.41) is 0. The molecule has 3 rings (SSSR count). The Hall–Kier alpha value is -1.23. The van der Waals surface area contributed by atoms with E-state index in [-0.39, 0.29) is 0 Å². The second-order valence-corrected chi connectivity index (χ2v) is 9.03. The fourth-order valence-corrected chi connectivity index (χ4v) is 4.49. The molecule has 144 valence electrons. The van der Waals surface area contributed by atoms with Gasteiger partial charge in [0.1, 0.15) is 0 Å². The summed E-state index contributed by atoms with van der Waals surface area (Å²) in [6.45, 7) is 6.92. The summed E-state index contributed by atoms with van der Waals surface area (Å²) >= 11 is 1.69. The molecule has 1 aromatic rings. The van der Waals surface area contributed by atoms with Gasteiger partial charge in [-0.1, -0.05) is 13.8 Å². The van der Waals surface area contributed by atoms with Gasteiger partial charge < -0.3 is 9.64 Å². The summed E-state index contributed by atoms with van der Waals surface area (Å²) in [4.78, 5) is 19.8. The van der Waals surface area contributed by atoms with Gasteiger partial charge in [0.2, 0.25) is 11.8 Å². The number of thioether (sulfide) groups is 1. The Morgan fingerprint density at radius 2 is 2.12 bits per heavy atom. The molecule has 26 heavy (non-hydrogen) atoms. The summed E-state index contributed by atoms with van der Waals surface area (Å²) in [5.41, 5.74) is 0. The minimum absolute atomic E-state index is 0.346. The average molecular weight is 377 g/mol. The largest absolute Gasteiger partial charge is 0.478 e. The number of carbonyl (C=O) groups excluding carboxylic acids is 1. The van der Waals surface area contributed by atoms with Gasteiger partial charge in [-0.2, -0.15) is 0 Å². The molecular formula is C21H32N2O2S. The van der Waals surface area contributed by atoms with E-state index in [4.69, 9.17) is 4.74 Å². The maximum atomic E-state index is 12.2. The van der Waals surface area contributed by atoms with Crippen molar-refractivity contribution in [3.8, 4) is 5.88 Å². The highest BCUT2D eigenvalue weighted by Gasteiger charge is 2.43. The maximum absolute atomic E-state index is 12.2. The first-order valence-electron chi connectivity index (χ1n) is 9.97. The van der Waals surface area contributed by atoms with Crippen LogP contribution >= 0.6 is 11.8 Å². The van der Waals surface area contributed by atoms with Gasteiger partial charge >= 0.3 is 0 Å². The molecule has 4 nitrogen and oxygen atoms in total. The lowest BCUT2D eigenvalue weighted by molar-refractivity contribution is -0.133. The third-order valence-corrected chi connectivity index (χ3v) is 6.45. The zero-order chi connectivity index (χ0) is 18.5. The molecule has 2 aliphatic rings. The van der Waals surface area contributed by atoms with Crippen molar-refractivity contribution in [1.82, 2.24) is 9.88 Å². The number of pyridine rings is 1. The van der Waals surface area contributed by atoms with E-state index in [9.17, 15) is 4.79 Å². The minimum Gasteiger partial charge on any atom is -0.478 e. The van der Waals surface area contributed by atoms with Crippen LogP contribution in [0.1, 0.15) is 46.0 Å². The molecule has 0 bridgehead atoms. The molecular weight excluding hydrogens is 344 g/mol. The summed E-state index contributed by atoms with van der Waals surface area (Å²) in [7, 11) is 0. The van der Waals surface area contributed by atoms with Crippen molar-refractivity contribution in [2.75, 3.05) is 26.0 Å². The molecule has 1 saturated heterocycles. The van der Waals surface area contributed by atoms with Crippen molar-refractivity contribution in [1.29, 1.82) is 0 Å². The molecule has 5 heteroatoms. The lowest BCUT2D eigenvalue weighted by atomic mass is 9.90. The Balaban J connectivity index is 1.33. The predicted octanol–water partition coefficient (Wildman–Crippen LogP) is 4.49. The van der Waals surface area contributed by atoms with Gasteiger partial charge in [-0.25, -0.2) is 4.98 Å². The smallest absolute Gasteiger partial charge is 0.222 e. The Morgan fingerprint density at radius 3 is 2.73 bits per heavy atom. The van der Waals surface area contributed by atoms with Crippen molar-refractivity contribution in [2.24, 2.45) is 23.7 Å². The second-order valence-electron chi connectivity index (χ2n) is 8.15. The number of hydrogen-bond acceptors (Lipinski definition) is 4. The van der Waals surface area contributed by atoms with Crippen molar-refractivity contribution >= 4 is 17.7 Å². The summed E-state index contributed by atoms with van der Waals surface area (Å²) in [5.74, 6) is 4.01. The van der Waals surface area contributed by atoms with Gasteiger partial charge in [-0.3, -0.25) is 4.79 Å². The quantitative estimate of drug-likeness (QED) is 0.627. The van der Waals surface area contributed by atoms with Crippen molar-refractivity contribution in [2.45, 2.75) is 50.8 Å². The van der Waals surface area contributed by atoms with Gasteiger partial charge in [0.25, 0.3) is 0 Å². The minimum atomic E-state index is 0.346. The van der Waals surface area contributed by atoms with Crippen LogP contribution in [-0.2, 0) is 4.79 Å². The lowest BCUT2D eigenvalue weighted by Crippen LogP contribution is -2.39. The third kappa shape index (κ3) is 5.38. The SMILES string of the molecule is CSc1ccc(OCCC2CC2C2CCN(C(=O)CC(C)C)CC2)nc1. The molecule has 1 aliphatic carbocycles. The van der Waals surface area contributed by atoms with E-state index in [1.165, 1.54) is 19.3 Å². The zero-order valence-corrected chi connectivity index (χ0v) is 17.1. The average Bonchev–Trinajstić information content (AvgIpc) is 3.41. The highest BCUT2D eigenvalue weighted by molar-refractivity contribution is 7.98. The van der Waals surface area contributed by atoms with E-state index >= 15 is 0 Å². The van der Waals surface area contributed by atoms with Crippen LogP contribution in [0.25, 0.3) is 0 Å². The van der Waals surface area contributed by atoms with Crippen LogP contribution in [0.5, 0.6) is 5.88 Å². The number of ether oxygens (including phenoxy) is 1. The second kappa shape index (κ2) is 9.12. The molecule has 2 atom stereocenters. The van der Waals surface area contributed by atoms with Gasteiger partial charge in [-0.05, 0) is 61.7 Å². The zero-order valence-electron chi connectivity index (χ0n) is 16.3. The number of carbonyl (C=O) groups is 1. The first kappa shape index (κ1) is 19.5. The fourth-order valence-electron chi connectivity index (χ4n) is 4.12. The van der Waals surface area contributed by atoms with Gasteiger partial charge in [-0.15, -0.1) is 11.8 Å². The van der Waals surface area contributed by atoms with Crippen LogP contribution in [0.2, 0.25) is 0 Å². The topological polar surface area (TPSA) is 42.4 Å². The first-order chi connectivity index (χ1) is 12.6. The molecule has 1 saturated carbocycles. The highest BCUT2D eigenvalue weighted by Crippen LogP contribution is 2.49. The Kier molecular flexibility index (Phi) is 6.85. The summed E-state index contributed by atoms with van der Waals surface area (Å²) in [6.07, 6.45) is 9.45. The molecule has 0 N–H and O–H groups in total. The summed E-state index contributed by atoms with van der Waals surface area (Å²) in [6, 6.07) is 4.02. The van der Waals surface area contributed by atoms with Crippen molar-refractivity contribution in [3.63, 3.8) is 0 Å². The molecule has 1 aromatic heterocycles. The van der Waals surface area contributed by atoms with Crippen molar-refractivity contribution < 1.29 is 9.53 Å². The van der Waals surface area contributed by atoms with Crippen LogP contribution in [-0.4, -0.2) is 41.7 Å². The van der Waals surface area contributed by atoms with E-state index < -0.39 is 0 Å². The molecule has 0 radical (unpaired) electrons. The number of rotatable bonds is 8. The van der Waals surface area contributed by atoms with Crippen LogP contribution in [0.4, 0.5) is 0 Å². The molecule has 1 amide bonds. The van der Waals surface area contributed by atoms with Crippen LogP contribution in [0, 0.1) is 23.7 Å². The lowest BCUT2D eigenvalue weighted by Gasteiger charge is -2.33. The number of aromatic nitrogens is 1. The van der Waals surface area contributed by atoms with Crippen LogP contribution < -0.4 is 4.74 Å². The van der Waals surface area contributed by atoms with Crippen LogP contribution in [0.3, 0.4) is 0 Å². The molecule has 2 heterocycles. The standard InChI is InChI=1S/C21H32N2O2S/c1-15(2)12-21(24)23-9-6-16(7-10-23)19-13-17(19)8-11-25-20-5-4-18(26-3)14-22-20/h4-5,14-17,19H,6-13H2,1-3H3.